The van der Waals surface area contributed by atoms with Gasteiger partial charge in [0.25, 0.3) is 6.71 Å². The number of hydrogen-bond acceptors (Lipinski definition) is 4. The van der Waals surface area contributed by atoms with Crippen LogP contribution in [0.1, 0.15) is 5.56 Å². The lowest BCUT2D eigenvalue weighted by Gasteiger charge is -2.35. The van der Waals surface area contributed by atoms with Crippen molar-refractivity contribution in [3.63, 3.8) is 0 Å². The topological polar surface area (TPSA) is 34.8 Å². The zero-order valence-corrected chi connectivity index (χ0v) is 24.0. The van der Waals surface area contributed by atoms with Crippen LogP contribution in [0.3, 0.4) is 0 Å². The van der Waals surface area contributed by atoms with Crippen LogP contribution in [0.25, 0.3) is 22.1 Å². The van der Waals surface area contributed by atoms with Gasteiger partial charge in [0, 0.05) is 34.2 Å². The maximum Gasteiger partial charge on any atom is 0.260 e. The van der Waals surface area contributed by atoms with Crippen LogP contribution in [0, 0.1) is 6.92 Å². The van der Waals surface area contributed by atoms with Crippen LogP contribution >= 0.6 is 0 Å². The molecule has 208 valence electrons. The molecule has 4 nitrogen and oxygen atoms in total. The molecule has 0 saturated heterocycles. The fourth-order valence-electron chi connectivity index (χ4n) is 6.73. The number of fused-ring (bicyclic) bond motifs is 5. The van der Waals surface area contributed by atoms with E-state index in [1.807, 2.05) is 18.2 Å². The van der Waals surface area contributed by atoms with Crippen LogP contribution in [-0.2, 0) is 0 Å². The van der Waals surface area contributed by atoms with E-state index in [2.05, 4.69) is 127 Å². The van der Waals surface area contributed by atoms with Crippen molar-refractivity contribution in [1.82, 2.24) is 0 Å². The first-order valence-corrected chi connectivity index (χ1v) is 14.9. The second-order valence-electron chi connectivity index (χ2n) is 11.4. The average Bonchev–Trinajstić information content (AvgIpc) is 3.55. The summed E-state index contributed by atoms with van der Waals surface area (Å²) in [6, 6.07) is 46.4. The normalized spacial score (nSPS) is 12.5. The summed E-state index contributed by atoms with van der Waals surface area (Å²) in [7, 11) is 0. The van der Waals surface area contributed by atoms with Crippen LogP contribution < -0.4 is 30.8 Å². The van der Waals surface area contributed by atoms with E-state index in [0.717, 1.165) is 78.5 Å². The van der Waals surface area contributed by atoms with Gasteiger partial charge in [-0.2, -0.15) is 0 Å². The Bertz CT molecular complexity index is 2130. The van der Waals surface area contributed by atoms with Gasteiger partial charge >= 0.3 is 0 Å². The molecule has 0 fully saturated rings. The van der Waals surface area contributed by atoms with Gasteiger partial charge in [-0.1, -0.05) is 84.4 Å². The van der Waals surface area contributed by atoms with Crippen molar-refractivity contribution in [3.05, 3.63) is 145 Å². The minimum absolute atomic E-state index is 0.0222. The van der Waals surface area contributed by atoms with E-state index in [0.29, 0.717) is 0 Å². The number of nitrogens with zero attached hydrogens (tertiary/aromatic N) is 1. The van der Waals surface area contributed by atoms with Gasteiger partial charge < -0.3 is 18.8 Å². The molecule has 0 aliphatic carbocycles. The Hall–Kier alpha value is -5.68. The molecule has 0 bridgehead atoms. The predicted octanol–water partition coefficient (Wildman–Crippen LogP) is 8.61. The summed E-state index contributed by atoms with van der Waals surface area (Å²) in [5.74, 6) is 3.34. The molecule has 2 aliphatic rings. The van der Waals surface area contributed by atoms with Crippen molar-refractivity contribution in [2.75, 3.05) is 4.90 Å². The molecule has 2 aliphatic heterocycles. The quantitative estimate of drug-likeness (QED) is 0.200. The highest BCUT2D eigenvalue weighted by Gasteiger charge is 2.40. The molecular formula is C39H26BNO3. The molecule has 0 N–H and O–H groups in total. The van der Waals surface area contributed by atoms with Gasteiger partial charge in [0.05, 0.1) is 17.6 Å². The molecule has 44 heavy (non-hydrogen) atoms. The molecule has 0 unspecified atom stereocenters. The standard InChI is InChI=1S/C39H26BNO3/c1-25-15-17-27(18-16-25)41(39-29(26-9-3-2-4-10-26)19-20-33-30(39)21-22-42-33)28-23-36-38-37(24-28)44-35-14-8-6-12-32(35)40(38)31-11-5-7-13-34(31)43-36/h2-24H,1H3. The zero-order chi connectivity index (χ0) is 29.2. The first-order chi connectivity index (χ1) is 21.7. The fraction of sp³-hybridized carbons (Fsp3) is 0.0256. The first kappa shape index (κ1) is 24.9. The third-order valence-corrected chi connectivity index (χ3v) is 8.74. The second kappa shape index (κ2) is 9.68. The van der Waals surface area contributed by atoms with Gasteiger partial charge in [-0.3, -0.25) is 0 Å². The lowest BCUT2D eigenvalue weighted by Crippen LogP contribution is -2.57. The molecule has 5 heteroatoms. The number of benzene rings is 6. The third kappa shape index (κ3) is 3.79. The fourth-order valence-corrected chi connectivity index (χ4v) is 6.73. The number of anilines is 3. The smallest absolute Gasteiger partial charge is 0.260 e. The second-order valence-corrected chi connectivity index (χ2v) is 11.4. The third-order valence-electron chi connectivity index (χ3n) is 8.74. The first-order valence-electron chi connectivity index (χ1n) is 14.9. The summed E-state index contributed by atoms with van der Waals surface area (Å²) in [6.07, 6.45) is 1.76. The number of hydrogen-bond donors (Lipinski definition) is 0. The summed E-state index contributed by atoms with van der Waals surface area (Å²) < 4.78 is 19.3. The number of aryl methyl sites for hydroxylation is 1. The summed E-state index contributed by atoms with van der Waals surface area (Å²) in [5.41, 5.74) is 10.6. The Morgan fingerprint density at radius 1 is 0.568 bits per heavy atom. The van der Waals surface area contributed by atoms with Crippen LogP contribution in [0.15, 0.2) is 144 Å². The highest BCUT2D eigenvalue weighted by molar-refractivity contribution is 6.98. The zero-order valence-electron chi connectivity index (χ0n) is 24.0. The minimum atomic E-state index is 0.0222. The molecular weight excluding hydrogens is 541 g/mol. The van der Waals surface area contributed by atoms with E-state index in [9.17, 15) is 0 Å². The lowest BCUT2D eigenvalue weighted by molar-refractivity contribution is 0.465. The van der Waals surface area contributed by atoms with Gasteiger partial charge in [0.1, 0.15) is 28.6 Å². The van der Waals surface area contributed by atoms with Gasteiger partial charge in [-0.15, -0.1) is 0 Å². The maximum absolute atomic E-state index is 6.68. The minimum Gasteiger partial charge on any atom is -0.464 e. The van der Waals surface area contributed by atoms with Gasteiger partial charge in [0.2, 0.25) is 0 Å². The van der Waals surface area contributed by atoms with Crippen LogP contribution in [0.2, 0.25) is 0 Å². The Balaban J connectivity index is 1.33. The maximum atomic E-state index is 6.68. The molecule has 0 atom stereocenters. The van der Waals surface area contributed by atoms with Crippen LogP contribution in [-0.4, -0.2) is 6.71 Å². The molecule has 0 radical (unpaired) electrons. The summed E-state index contributed by atoms with van der Waals surface area (Å²) in [4.78, 5) is 2.30. The van der Waals surface area contributed by atoms with Crippen molar-refractivity contribution >= 4 is 51.1 Å². The Morgan fingerprint density at radius 3 is 1.89 bits per heavy atom. The van der Waals surface area contributed by atoms with E-state index in [1.165, 1.54) is 5.56 Å². The Morgan fingerprint density at radius 2 is 1.20 bits per heavy atom. The molecule has 3 heterocycles. The number of ether oxygens (including phenoxy) is 2. The summed E-state index contributed by atoms with van der Waals surface area (Å²) in [6.45, 7) is 2.13. The molecule has 0 amide bonds. The Kier molecular flexibility index (Phi) is 5.47. The molecule has 0 saturated carbocycles. The summed E-state index contributed by atoms with van der Waals surface area (Å²) in [5, 5.41) is 1.02. The molecule has 1 aromatic heterocycles. The van der Waals surface area contributed by atoms with Crippen molar-refractivity contribution in [1.29, 1.82) is 0 Å². The molecule has 6 aromatic carbocycles. The largest absolute Gasteiger partial charge is 0.464 e. The van der Waals surface area contributed by atoms with E-state index in [1.54, 1.807) is 6.26 Å². The monoisotopic (exact) mass is 567 g/mol. The highest BCUT2D eigenvalue weighted by Crippen LogP contribution is 2.48. The van der Waals surface area contributed by atoms with E-state index in [-0.39, 0.29) is 6.71 Å². The van der Waals surface area contributed by atoms with Crippen molar-refractivity contribution in [2.24, 2.45) is 0 Å². The average molecular weight is 567 g/mol. The SMILES string of the molecule is Cc1ccc(N(c2cc3c4c(c2)Oc2ccccc2B4c2ccccc2O3)c2c(-c3ccccc3)ccc3occc23)cc1. The van der Waals surface area contributed by atoms with Crippen molar-refractivity contribution < 1.29 is 13.9 Å². The van der Waals surface area contributed by atoms with Crippen molar-refractivity contribution in [2.45, 2.75) is 6.92 Å². The van der Waals surface area contributed by atoms with Crippen LogP contribution in [0.5, 0.6) is 23.0 Å². The van der Waals surface area contributed by atoms with Crippen LogP contribution in [0.4, 0.5) is 17.1 Å². The van der Waals surface area contributed by atoms with Gasteiger partial charge in [0.15, 0.2) is 0 Å². The predicted molar refractivity (Wildman–Crippen MR) is 179 cm³/mol. The summed E-state index contributed by atoms with van der Waals surface area (Å²) >= 11 is 0. The number of furan rings is 1. The lowest BCUT2D eigenvalue weighted by atomic mass is 9.35. The van der Waals surface area contributed by atoms with E-state index in [4.69, 9.17) is 13.9 Å². The molecule has 7 aromatic rings. The van der Waals surface area contributed by atoms with Crippen molar-refractivity contribution in [3.8, 4) is 34.1 Å². The highest BCUT2D eigenvalue weighted by atomic mass is 16.5. The van der Waals surface area contributed by atoms with E-state index < -0.39 is 0 Å². The van der Waals surface area contributed by atoms with Gasteiger partial charge in [-0.25, -0.2) is 0 Å². The van der Waals surface area contributed by atoms with E-state index >= 15 is 0 Å². The molecule has 9 rings (SSSR count). The number of para-hydroxylation sites is 2. The van der Waals surface area contributed by atoms with Gasteiger partial charge in [-0.05, 0) is 65.9 Å². The number of rotatable bonds is 4. The molecule has 0 spiro atoms. The Labute approximate surface area is 255 Å².